The Bertz CT molecular complexity index is 1010. The van der Waals surface area contributed by atoms with Crippen molar-refractivity contribution in [2.75, 3.05) is 26.7 Å². The smallest absolute Gasteiger partial charge is 0.317 e. The summed E-state index contributed by atoms with van der Waals surface area (Å²) in [7, 11) is 1.82. The number of para-hydroxylation sites is 2. The zero-order valence-electron chi connectivity index (χ0n) is 18.4. The number of fused-ring (bicyclic) bond motifs is 1. The maximum Gasteiger partial charge on any atom is 0.317 e. The minimum absolute atomic E-state index is 0.0893. The lowest BCUT2D eigenvalue weighted by Gasteiger charge is -2.27. The number of aryl methyl sites for hydroxylation is 1. The Labute approximate surface area is 188 Å². The minimum atomic E-state index is -0.183. The molecule has 7 heteroatoms. The first-order valence-electron chi connectivity index (χ1n) is 11.2. The molecule has 0 bridgehead atoms. The normalized spacial score (nSPS) is 14.7. The molecule has 1 aliphatic heterocycles. The number of rotatable bonds is 9. The molecule has 3 aromatic rings. The van der Waals surface area contributed by atoms with Gasteiger partial charge in [-0.15, -0.1) is 0 Å². The molecule has 168 valence electrons. The van der Waals surface area contributed by atoms with E-state index in [1.54, 1.807) is 4.90 Å². The van der Waals surface area contributed by atoms with Gasteiger partial charge in [-0.1, -0.05) is 48.9 Å². The molecule has 0 radical (unpaired) electrons. The number of hydrogen-bond donors (Lipinski definition) is 2. The van der Waals surface area contributed by atoms with Crippen molar-refractivity contribution in [1.29, 1.82) is 0 Å². The number of nitrogens with zero attached hydrogens (tertiary/aromatic N) is 2. The number of aromatic nitrogens is 2. The molecule has 7 nitrogen and oxygen atoms in total. The summed E-state index contributed by atoms with van der Waals surface area (Å²) in [5.41, 5.74) is 3.25. The summed E-state index contributed by atoms with van der Waals surface area (Å²) in [6.45, 7) is 1.57. The van der Waals surface area contributed by atoms with Crippen LogP contribution in [0.2, 0.25) is 0 Å². The lowest BCUT2D eigenvalue weighted by molar-refractivity contribution is 0.0905. The van der Waals surface area contributed by atoms with Gasteiger partial charge in [-0.2, -0.15) is 5.10 Å². The summed E-state index contributed by atoms with van der Waals surface area (Å²) in [6, 6.07) is 19.8. The molecular formula is C25H30N4O3. The average molecular weight is 435 g/mol. The van der Waals surface area contributed by atoms with Gasteiger partial charge in [-0.25, -0.2) is 4.79 Å². The van der Waals surface area contributed by atoms with Crippen LogP contribution in [0.5, 0.6) is 11.5 Å². The van der Waals surface area contributed by atoms with Crippen LogP contribution in [0.15, 0.2) is 60.7 Å². The van der Waals surface area contributed by atoms with Crippen LogP contribution in [-0.2, 0) is 6.42 Å². The number of carbonyl (C=O) groups is 1. The lowest BCUT2D eigenvalue weighted by Crippen LogP contribution is -2.45. The van der Waals surface area contributed by atoms with Crippen LogP contribution < -0.4 is 14.8 Å². The summed E-state index contributed by atoms with van der Waals surface area (Å²) in [5.74, 6) is 1.47. The van der Waals surface area contributed by atoms with Crippen molar-refractivity contribution in [3.8, 4) is 22.8 Å². The second kappa shape index (κ2) is 10.7. The van der Waals surface area contributed by atoms with Gasteiger partial charge in [-0.05, 0) is 37.5 Å². The van der Waals surface area contributed by atoms with Gasteiger partial charge in [0.25, 0.3) is 0 Å². The predicted octanol–water partition coefficient (Wildman–Crippen LogP) is 4.27. The molecule has 1 aliphatic rings. The van der Waals surface area contributed by atoms with Gasteiger partial charge < -0.3 is 19.7 Å². The Morgan fingerprint density at radius 2 is 1.88 bits per heavy atom. The maximum absolute atomic E-state index is 12.4. The van der Waals surface area contributed by atoms with Crippen LogP contribution in [0, 0.1) is 0 Å². The van der Waals surface area contributed by atoms with E-state index in [1.807, 2.05) is 49.5 Å². The number of hydrogen-bond acceptors (Lipinski definition) is 4. The summed E-state index contributed by atoms with van der Waals surface area (Å²) in [6.07, 6.45) is 3.83. The van der Waals surface area contributed by atoms with Crippen LogP contribution in [0.3, 0.4) is 0 Å². The van der Waals surface area contributed by atoms with Crippen LogP contribution in [0.4, 0.5) is 4.79 Å². The largest absolute Gasteiger partial charge is 0.486 e. The third-order valence-electron chi connectivity index (χ3n) is 5.54. The third-order valence-corrected chi connectivity index (χ3v) is 5.54. The molecule has 1 atom stereocenters. The molecule has 2 aromatic carbocycles. The number of nitrogens with one attached hydrogen (secondary N) is 2. The van der Waals surface area contributed by atoms with Crippen molar-refractivity contribution < 1.29 is 14.3 Å². The van der Waals surface area contributed by atoms with E-state index in [0.29, 0.717) is 13.2 Å². The number of benzene rings is 2. The summed E-state index contributed by atoms with van der Waals surface area (Å²) in [4.78, 5) is 14.1. The van der Waals surface area contributed by atoms with Gasteiger partial charge in [0.15, 0.2) is 17.6 Å². The molecular weight excluding hydrogens is 404 g/mol. The molecule has 0 aliphatic carbocycles. The molecule has 0 unspecified atom stereocenters. The number of amides is 2. The van der Waals surface area contributed by atoms with E-state index in [-0.39, 0.29) is 12.1 Å². The summed E-state index contributed by atoms with van der Waals surface area (Å²) in [5, 5.41) is 10.5. The van der Waals surface area contributed by atoms with Gasteiger partial charge in [0.2, 0.25) is 0 Å². The molecule has 1 aromatic heterocycles. The van der Waals surface area contributed by atoms with E-state index < -0.39 is 0 Å². The van der Waals surface area contributed by atoms with Crippen molar-refractivity contribution in [1.82, 2.24) is 20.4 Å². The van der Waals surface area contributed by atoms with E-state index in [1.165, 1.54) is 0 Å². The van der Waals surface area contributed by atoms with Crippen LogP contribution >= 0.6 is 0 Å². The SMILES string of the molecule is CN(CCCCCc1cc(-c2ccccc2)n[nH]1)C(=O)NC[C@@H]1COc2ccccc2O1. The molecule has 0 fully saturated rings. The average Bonchev–Trinajstić information content (AvgIpc) is 3.31. The zero-order valence-corrected chi connectivity index (χ0v) is 18.4. The highest BCUT2D eigenvalue weighted by molar-refractivity contribution is 5.73. The number of unbranched alkanes of at least 4 members (excludes halogenated alkanes) is 2. The zero-order chi connectivity index (χ0) is 22.2. The Hall–Kier alpha value is -3.48. The van der Waals surface area contributed by atoms with Gasteiger partial charge >= 0.3 is 6.03 Å². The van der Waals surface area contributed by atoms with Crippen molar-refractivity contribution >= 4 is 6.03 Å². The number of ether oxygens (including phenoxy) is 2. The standard InChI is InChI=1S/C25H30N4O3/c1-29(25(30)26-17-21-18-31-23-13-7-8-14-24(23)32-21)15-9-3-6-12-20-16-22(28-27-20)19-10-4-2-5-11-19/h2,4-5,7-8,10-11,13-14,16,21H,3,6,9,12,15,17-18H2,1H3,(H,26,30)(H,27,28)/t21-/m1/s1. The van der Waals surface area contributed by atoms with E-state index in [2.05, 4.69) is 33.7 Å². The lowest BCUT2D eigenvalue weighted by atomic mass is 10.1. The van der Waals surface area contributed by atoms with Crippen molar-refractivity contribution in [2.45, 2.75) is 31.8 Å². The van der Waals surface area contributed by atoms with Crippen molar-refractivity contribution in [2.24, 2.45) is 0 Å². The highest BCUT2D eigenvalue weighted by Gasteiger charge is 2.21. The fraction of sp³-hybridized carbons (Fsp3) is 0.360. The highest BCUT2D eigenvalue weighted by atomic mass is 16.6. The Morgan fingerprint density at radius 3 is 2.72 bits per heavy atom. The van der Waals surface area contributed by atoms with Crippen LogP contribution in [-0.4, -0.2) is 54.0 Å². The summed E-state index contributed by atoms with van der Waals surface area (Å²) >= 11 is 0. The van der Waals surface area contributed by atoms with Gasteiger partial charge in [0, 0.05) is 24.8 Å². The first-order chi connectivity index (χ1) is 15.7. The first-order valence-corrected chi connectivity index (χ1v) is 11.2. The molecule has 32 heavy (non-hydrogen) atoms. The molecule has 2 N–H and O–H groups in total. The number of H-pyrrole nitrogens is 1. The van der Waals surface area contributed by atoms with Crippen molar-refractivity contribution in [3.05, 3.63) is 66.4 Å². The molecule has 0 saturated heterocycles. The minimum Gasteiger partial charge on any atom is -0.486 e. The third kappa shape index (κ3) is 5.81. The fourth-order valence-corrected chi connectivity index (χ4v) is 3.69. The number of carbonyl (C=O) groups excluding carboxylic acids is 1. The fourth-order valence-electron chi connectivity index (χ4n) is 3.69. The molecule has 0 spiro atoms. The quantitative estimate of drug-likeness (QED) is 0.493. The van der Waals surface area contributed by atoms with Crippen molar-refractivity contribution in [3.63, 3.8) is 0 Å². The van der Waals surface area contributed by atoms with E-state index >= 15 is 0 Å². The van der Waals surface area contributed by atoms with E-state index in [0.717, 1.165) is 60.7 Å². The topological polar surface area (TPSA) is 79.5 Å². The molecule has 2 amide bonds. The molecule has 2 heterocycles. The van der Waals surface area contributed by atoms with Gasteiger partial charge in [-0.3, -0.25) is 5.10 Å². The van der Waals surface area contributed by atoms with Crippen LogP contribution in [0.25, 0.3) is 11.3 Å². The second-order valence-electron chi connectivity index (χ2n) is 8.06. The Balaban J connectivity index is 1.10. The molecule has 4 rings (SSSR count). The number of urea groups is 1. The Morgan fingerprint density at radius 1 is 1.09 bits per heavy atom. The second-order valence-corrected chi connectivity index (χ2v) is 8.06. The first kappa shape index (κ1) is 21.7. The van der Waals surface area contributed by atoms with Gasteiger partial charge in [0.05, 0.1) is 12.2 Å². The highest BCUT2D eigenvalue weighted by Crippen LogP contribution is 2.30. The maximum atomic E-state index is 12.4. The van der Waals surface area contributed by atoms with E-state index in [9.17, 15) is 4.79 Å². The summed E-state index contributed by atoms with van der Waals surface area (Å²) < 4.78 is 11.6. The monoisotopic (exact) mass is 434 g/mol. The van der Waals surface area contributed by atoms with Crippen LogP contribution in [0.1, 0.15) is 25.0 Å². The van der Waals surface area contributed by atoms with E-state index in [4.69, 9.17) is 9.47 Å². The van der Waals surface area contributed by atoms with Gasteiger partial charge in [0.1, 0.15) is 6.61 Å². The predicted molar refractivity (Wildman–Crippen MR) is 124 cm³/mol. The Kier molecular flexibility index (Phi) is 7.27. The molecule has 0 saturated carbocycles. The number of aromatic amines is 1.